The predicted molar refractivity (Wildman–Crippen MR) is 210 cm³/mol. The second-order valence-corrected chi connectivity index (χ2v) is 14.5. The molecule has 0 atom stereocenters. The summed E-state index contributed by atoms with van der Waals surface area (Å²) in [6.45, 7) is 0. The minimum Gasteiger partial charge on any atom is -0.505 e. The molecular weight excluding hydrogens is 767 g/mol. The van der Waals surface area contributed by atoms with Crippen LogP contribution in [0.1, 0.15) is 0 Å². The molecule has 22 heteroatoms. The van der Waals surface area contributed by atoms with Crippen LogP contribution in [-0.2, 0) is 20.2 Å². The minimum atomic E-state index is -5.12. The second-order valence-electron chi connectivity index (χ2n) is 11.7. The average Bonchev–Trinajstić information content (AvgIpc) is 3.13. The van der Waals surface area contributed by atoms with Crippen LogP contribution in [0.25, 0.3) is 10.8 Å². The van der Waals surface area contributed by atoms with Crippen molar-refractivity contribution >= 4 is 105 Å². The molecule has 0 bridgehead atoms. The van der Waals surface area contributed by atoms with Crippen molar-refractivity contribution < 1.29 is 31.0 Å². The van der Waals surface area contributed by atoms with Gasteiger partial charge < -0.3 is 33.8 Å². The van der Waals surface area contributed by atoms with E-state index < -0.39 is 52.8 Å². The fraction of sp³-hybridized carbons (Fsp3) is 0. The first-order valence-corrected chi connectivity index (χ1v) is 18.6. The fourth-order valence-corrected chi connectivity index (χ4v) is 6.37. The number of hydrogen-bond donors (Lipinski definition) is 8. The number of anilines is 5. The number of nitrogens with two attached hydrogens (primary N) is 5. The first kappa shape index (κ1) is 38.3. The summed E-state index contributed by atoms with van der Waals surface area (Å²) >= 11 is 0. The Balaban J connectivity index is 1.34. The van der Waals surface area contributed by atoms with Gasteiger partial charge in [0.2, 0.25) is 0 Å². The molecule has 0 aliphatic rings. The standard InChI is InChI=1S/C34H29N13O7S2/c35-18-1-11-26(24(37)15-18)44-40-20-3-7-22(8-4-20)42-46-32-28(55(49,50)51)13-17-14-29(56(52,53)54)33(34(48)30(17)31(32)39)47-43-23-9-5-21(6-10-23)41-45-27-12-2-19(36)16-25(27)38/h1-16,48H,35-39H2,(H,49,50,51)(H,52,53,54)/b44-40+,45-41+,46-42+,47-43+. The molecule has 284 valence electrons. The van der Waals surface area contributed by atoms with Gasteiger partial charge in [0.25, 0.3) is 20.2 Å². The number of rotatable bonds is 10. The van der Waals surface area contributed by atoms with E-state index in [0.717, 1.165) is 12.1 Å². The largest absolute Gasteiger partial charge is 0.505 e. The summed E-state index contributed by atoms with van der Waals surface area (Å²) in [6, 6.07) is 23.0. The molecule has 0 spiro atoms. The van der Waals surface area contributed by atoms with E-state index in [2.05, 4.69) is 40.9 Å². The van der Waals surface area contributed by atoms with Crippen LogP contribution < -0.4 is 28.7 Å². The molecule has 6 aromatic carbocycles. The zero-order valence-electron chi connectivity index (χ0n) is 28.5. The number of nitrogens with zero attached hydrogens (tertiary/aromatic N) is 8. The van der Waals surface area contributed by atoms with Crippen molar-refractivity contribution in [1.29, 1.82) is 0 Å². The predicted octanol–water partition coefficient (Wildman–Crippen LogP) is 8.61. The van der Waals surface area contributed by atoms with Crippen molar-refractivity contribution in [2.75, 3.05) is 28.7 Å². The lowest BCUT2D eigenvalue weighted by atomic mass is 10.1. The monoisotopic (exact) mass is 795 g/mol. The number of aromatic hydroxyl groups is 1. The third kappa shape index (κ3) is 8.53. The molecule has 0 saturated carbocycles. The molecule has 13 N–H and O–H groups in total. The molecule has 0 aromatic heterocycles. The molecule has 6 aromatic rings. The molecular formula is C34H29N13O7S2. The molecule has 6 rings (SSSR count). The first-order chi connectivity index (χ1) is 26.5. The van der Waals surface area contributed by atoms with Gasteiger partial charge in [-0.05, 0) is 102 Å². The summed E-state index contributed by atoms with van der Waals surface area (Å²) in [6.07, 6.45) is 0. The van der Waals surface area contributed by atoms with Gasteiger partial charge in [-0.2, -0.15) is 37.3 Å². The van der Waals surface area contributed by atoms with E-state index in [4.69, 9.17) is 28.7 Å². The summed E-state index contributed by atoms with van der Waals surface area (Å²) in [4.78, 5) is -1.84. The van der Waals surface area contributed by atoms with E-state index in [1.165, 1.54) is 60.7 Å². The molecule has 0 aliphatic carbocycles. The van der Waals surface area contributed by atoms with Gasteiger partial charge in [-0.1, -0.05) is 0 Å². The highest BCUT2D eigenvalue weighted by Crippen LogP contribution is 2.48. The number of fused-ring (bicyclic) bond motifs is 1. The van der Waals surface area contributed by atoms with Crippen LogP contribution in [0.3, 0.4) is 0 Å². The molecule has 20 nitrogen and oxygen atoms in total. The average molecular weight is 796 g/mol. The summed E-state index contributed by atoms with van der Waals surface area (Å²) in [5.74, 6) is -0.919. The van der Waals surface area contributed by atoms with Crippen LogP contribution in [0.4, 0.5) is 73.9 Å². The smallest absolute Gasteiger partial charge is 0.296 e. The lowest BCUT2D eigenvalue weighted by Crippen LogP contribution is -2.03. The highest BCUT2D eigenvalue weighted by molar-refractivity contribution is 7.86. The maximum absolute atomic E-state index is 12.5. The van der Waals surface area contributed by atoms with E-state index in [0.29, 0.717) is 45.5 Å². The molecule has 56 heavy (non-hydrogen) atoms. The van der Waals surface area contributed by atoms with E-state index in [-0.39, 0.29) is 22.1 Å². The molecule has 0 fully saturated rings. The van der Waals surface area contributed by atoms with Crippen molar-refractivity contribution in [3.63, 3.8) is 0 Å². The Labute approximate surface area is 317 Å². The highest BCUT2D eigenvalue weighted by atomic mass is 32.2. The maximum Gasteiger partial charge on any atom is 0.296 e. The topological polar surface area (TPSA) is 358 Å². The Morgan fingerprint density at radius 2 is 0.804 bits per heavy atom. The Morgan fingerprint density at radius 1 is 0.446 bits per heavy atom. The summed E-state index contributed by atoms with van der Waals surface area (Å²) in [7, 11) is -10.2. The number of phenolic OH excluding ortho intramolecular Hbond substituents is 1. The van der Waals surface area contributed by atoms with E-state index in [1.807, 2.05) is 0 Å². The molecule has 0 saturated heterocycles. The molecule has 0 heterocycles. The van der Waals surface area contributed by atoms with Crippen molar-refractivity contribution in [3.05, 3.63) is 97.1 Å². The Hall–Kier alpha value is -7.40. The van der Waals surface area contributed by atoms with E-state index in [1.54, 1.807) is 24.3 Å². The zero-order chi connectivity index (χ0) is 40.4. The maximum atomic E-state index is 12.5. The highest BCUT2D eigenvalue weighted by Gasteiger charge is 2.28. The van der Waals surface area contributed by atoms with Crippen LogP contribution in [-0.4, -0.2) is 31.0 Å². The van der Waals surface area contributed by atoms with Gasteiger partial charge in [-0.3, -0.25) is 9.11 Å². The lowest BCUT2D eigenvalue weighted by Gasteiger charge is -2.14. The van der Waals surface area contributed by atoms with Crippen LogP contribution >= 0.6 is 0 Å². The minimum absolute atomic E-state index is 0.155. The molecule has 0 radical (unpaired) electrons. The van der Waals surface area contributed by atoms with Gasteiger partial charge in [0, 0.05) is 11.4 Å². The van der Waals surface area contributed by atoms with Crippen LogP contribution in [0.5, 0.6) is 5.75 Å². The van der Waals surface area contributed by atoms with Gasteiger partial charge in [-0.25, -0.2) is 0 Å². The molecule has 0 unspecified atom stereocenters. The number of hydrogen-bond acceptors (Lipinski definition) is 18. The Bertz CT molecular complexity index is 2670. The van der Waals surface area contributed by atoms with Crippen LogP contribution in [0.2, 0.25) is 0 Å². The summed E-state index contributed by atoms with van der Waals surface area (Å²) in [5, 5.41) is 42.8. The van der Waals surface area contributed by atoms with E-state index in [9.17, 15) is 31.0 Å². The van der Waals surface area contributed by atoms with E-state index >= 15 is 0 Å². The quantitative estimate of drug-likeness (QED) is 0.0367. The number of benzene rings is 6. The SMILES string of the molecule is Nc1ccc(/N=N/c2ccc(/N=N/c3c(S(=O)(=O)O)cc4cc(S(=O)(=O)O)c(/N=N/c5ccc(/N=N/c6ccc(N)cc6N)cc5)c(O)c4c3N)cc2)c(N)c1. The van der Waals surface area contributed by atoms with Gasteiger partial charge >= 0.3 is 0 Å². The van der Waals surface area contributed by atoms with Gasteiger partial charge in [0.1, 0.15) is 32.5 Å². The fourth-order valence-electron chi connectivity index (χ4n) is 5.04. The second kappa shape index (κ2) is 15.2. The van der Waals surface area contributed by atoms with Crippen molar-refractivity contribution in [3.8, 4) is 5.75 Å². The normalized spacial score (nSPS) is 12.5. The van der Waals surface area contributed by atoms with Gasteiger partial charge in [0.15, 0.2) is 5.75 Å². The van der Waals surface area contributed by atoms with Crippen molar-refractivity contribution in [1.82, 2.24) is 0 Å². The summed E-state index contributed by atoms with van der Waals surface area (Å²) in [5.41, 5.74) is 31.1. The van der Waals surface area contributed by atoms with Crippen LogP contribution in [0, 0.1) is 0 Å². The summed E-state index contributed by atoms with van der Waals surface area (Å²) < 4.78 is 69.9. The lowest BCUT2D eigenvalue weighted by molar-refractivity contribution is 0.472. The van der Waals surface area contributed by atoms with Crippen molar-refractivity contribution in [2.45, 2.75) is 9.79 Å². The number of phenols is 1. The zero-order valence-corrected chi connectivity index (χ0v) is 30.1. The number of nitrogen functional groups attached to an aromatic ring is 5. The van der Waals surface area contributed by atoms with Crippen LogP contribution in [0.15, 0.2) is 148 Å². The Morgan fingerprint density at radius 3 is 1.18 bits per heavy atom. The number of azo groups is 4. The third-order valence-electron chi connectivity index (χ3n) is 7.75. The molecule has 0 amide bonds. The van der Waals surface area contributed by atoms with Gasteiger partial charge in [0.05, 0.1) is 45.2 Å². The van der Waals surface area contributed by atoms with Crippen molar-refractivity contribution in [2.24, 2.45) is 40.9 Å². The third-order valence-corrected chi connectivity index (χ3v) is 9.48. The van der Waals surface area contributed by atoms with Gasteiger partial charge in [-0.15, -0.1) is 20.5 Å². The first-order valence-electron chi connectivity index (χ1n) is 15.7. The molecule has 0 aliphatic heterocycles. The Kier molecular flexibility index (Phi) is 10.4.